The fourth-order valence-corrected chi connectivity index (χ4v) is 8.28. The van der Waals surface area contributed by atoms with Crippen LogP contribution in [0.1, 0.15) is 55.8 Å². The van der Waals surface area contributed by atoms with Gasteiger partial charge >= 0.3 is 0 Å². The lowest BCUT2D eigenvalue weighted by molar-refractivity contribution is -0.157. The Morgan fingerprint density at radius 2 is 1.71 bits per heavy atom. The Morgan fingerprint density at radius 1 is 1.00 bits per heavy atom. The number of carbonyl (C=O) groups is 1. The van der Waals surface area contributed by atoms with Crippen LogP contribution in [-0.2, 0) is 4.79 Å². The minimum Gasteiger partial charge on any atom is -0.454 e. The summed E-state index contributed by atoms with van der Waals surface area (Å²) in [6.45, 7) is 2.13. The number of benzene rings is 1. The van der Waals surface area contributed by atoms with E-state index in [-0.39, 0.29) is 5.41 Å². The first-order valence-electron chi connectivity index (χ1n) is 11.0. The fourth-order valence-electron chi connectivity index (χ4n) is 7.06. The molecule has 2 heterocycles. The molecule has 2 aliphatic heterocycles. The van der Waals surface area contributed by atoms with Crippen LogP contribution in [0.4, 0.5) is 0 Å². The number of rotatable bonds is 2. The van der Waals surface area contributed by atoms with Crippen molar-refractivity contribution in [1.82, 2.24) is 4.90 Å². The third-order valence-corrected chi connectivity index (χ3v) is 9.22. The summed E-state index contributed by atoms with van der Waals surface area (Å²) in [5.74, 6) is 5.73. The number of amides is 1. The molecule has 4 saturated carbocycles. The van der Waals surface area contributed by atoms with Gasteiger partial charge in [0.05, 0.1) is 5.41 Å². The number of hydrogen-bond acceptors (Lipinski definition) is 4. The Morgan fingerprint density at radius 3 is 2.46 bits per heavy atom. The zero-order chi connectivity index (χ0) is 18.7. The van der Waals surface area contributed by atoms with Crippen LogP contribution in [0.2, 0.25) is 0 Å². The Labute approximate surface area is 171 Å². The number of hydrogen-bond donors (Lipinski definition) is 0. The van der Waals surface area contributed by atoms with Gasteiger partial charge in [0.25, 0.3) is 0 Å². The summed E-state index contributed by atoms with van der Waals surface area (Å²) in [5.41, 5.74) is 1.30. The maximum absolute atomic E-state index is 13.7. The van der Waals surface area contributed by atoms with Gasteiger partial charge in [-0.15, -0.1) is 0 Å². The van der Waals surface area contributed by atoms with Crippen LogP contribution in [0.3, 0.4) is 0 Å². The molecule has 5 heteroatoms. The minimum atomic E-state index is -0.00198. The van der Waals surface area contributed by atoms with Gasteiger partial charge in [0.1, 0.15) is 0 Å². The Kier molecular flexibility index (Phi) is 4.11. The number of thioether (sulfide) groups is 1. The smallest absolute Gasteiger partial charge is 0.231 e. The van der Waals surface area contributed by atoms with Crippen molar-refractivity contribution in [2.45, 2.75) is 50.2 Å². The molecule has 4 nitrogen and oxygen atoms in total. The van der Waals surface area contributed by atoms with Gasteiger partial charge in [-0.2, -0.15) is 11.8 Å². The van der Waals surface area contributed by atoms with E-state index >= 15 is 0 Å². The highest BCUT2D eigenvalue weighted by Gasteiger charge is 2.55. The van der Waals surface area contributed by atoms with Crippen molar-refractivity contribution in [1.29, 1.82) is 0 Å². The standard InChI is InChI=1S/C23H29NO3S/c25-22(23-11-15-7-16(12-23)9-17(8-15)13-23)24-4-3-21(28-6-5-24)18-1-2-19-20(10-18)27-14-26-19/h1-2,10,15-17,21H,3-9,11-14H2. The average Bonchev–Trinajstić information content (AvgIpc) is 3.01. The minimum absolute atomic E-state index is 0.00198. The summed E-state index contributed by atoms with van der Waals surface area (Å²) in [6.07, 6.45) is 8.74. The molecule has 0 N–H and O–H groups in total. The van der Waals surface area contributed by atoms with E-state index in [0.29, 0.717) is 18.0 Å². The van der Waals surface area contributed by atoms with E-state index < -0.39 is 0 Å². The van der Waals surface area contributed by atoms with E-state index in [4.69, 9.17) is 9.47 Å². The van der Waals surface area contributed by atoms with Crippen LogP contribution >= 0.6 is 11.8 Å². The molecule has 1 aromatic rings. The number of carbonyl (C=O) groups excluding carboxylic acids is 1. The first kappa shape index (κ1) is 17.5. The van der Waals surface area contributed by atoms with Crippen molar-refractivity contribution in [2.24, 2.45) is 23.2 Å². The summed E-state index contributed by atoms with van der Waals surface area (Å²) in [4.78, 5) is 15.9. The van der Waals surface area contributed by atoms with Crippen LogP contribution < -0.4 is 9.47 Å². The molecule has 1 amide bonds. The summed E-state index contributed by atoms with van der Waals surface area (Å²) in [7, 11) is 0. The quantitative estimate of drug-likeness (QED) is 0.726. The monoisotopic (exact) mass is 399 g/mol. The molecule has 0 spiro atoms. The first-order valence-corrected chi connectivity index (χ1v) is 12.0. The zero-order valence-corrected chi connectivity index (χ0v) is 17.2. The highest BCUT2D eigenvalue weighted by atomic mass is 32.2. The van der Waals surface area contributed by atoms with E-state index in [9.17, 15) is 4.79 Å². The summed E-state index contributed by atoms with van der Waals surface area (Å²) in [6, 6.07) is 6.33. The molecule has 0 aromatic heterocycles. The van der Waals surface area contributed by atoms with Crippen molar-refractivity contribution in [3.8, 4) is 11.5 Å². The van der Waals surface area contributed by atoms with Gasteiger partial charge in [0.2, 0.25) is 12.7 Å². The van der Waals surface area contributed by atoms with Gasteiger partial charge in [0, 0.05) is 24.1 Å². The SMILES string of the molecule is O=C(N1CCSC(c2ccc3c(c2)OCO3)CC1)C12CC3CC(CC(C3)C1)C2. The Bertz CT molecular complexity index is 759. The molecule has 1 aromatic carbocycles. The van der Waals surface area contributed by atoms with Crippen molar-refractivity contribution in [3.63, 3.8) is 0 Å². The largest absolute Gasteiger partial charge is 0.454 e. The summed E-state index contributed by atoms with van der Waals surface area (Å²) in [5, 5.41) is 0.434. The zero-order valence-electron chi connectivity index (χ0n) is 16.4. The van der Waals surface area contributed by atoms with Crippen molar-refractivity contribution in [2.75, 3.05) is 25.6 Å². The average molecular weight is 400 g/mol. The second-order valence-electron chi connectivity index (χ2n) is 9.75. The van der Waals surface area contributed by atoms with Crippen LogP contribution in [0.25, 0.3) is 0 Å². The van der Waals surface area contributed by atoms with Crippen LogP contribution in [-0.4, -0.2) is 36.4 Å². The van der Waals surface area contributed by atoms with Gasteiger partial charge in [-0.3, -0.25) is 4.79 Å². The molecule has 28 heavy (non-hydrogen) atoms. The summed E-state index contributed by atoms with van der Waals surface area (Å²) >= 11 is 1.99. The molecule has 4 aliphatic carbocycles. The van der Waals surface area contributed by atoms with Gasteiger partial charge in [-0.05, 0) is 80.4 Å². The lowest BCUT2D eigenvalue weighted by atomic mass is 9.49. The van der Waals surface area contributed by atoms with Gasteiger partial charge in [0.15, 0.2) is 11.5 Å². The van der Waals surface area contributed by atoms with Crippen molar-refractivity contribution >= 4 is 17.7 Å². The molecule has 1 unspecified atom stereocenters. The van der Waals surface area contributed by atoms with E-state index in [1.807, 2.05) is 17.8 Å². The number of nitrogens with zero attached hydrogens (tertiary/aromatic N) is 1. The molecular weight excluding hydrogens is 370 g/mol. The topological polar surface area (TPSA) is 38.8 Å². The fraction of sp³-hybridized carbons (Fsp3) is 0.696. The van der Waals surface area contributed by atoms with E-state index in [0.717, 1.165) is 54.5 Å². The highest BCUT2D eigenvalue weighted by molar-refractivity contribution is 7.99. The lowest BCUT2D eigenvalue weighted by Gasteiger charge is -2.56. The van der Waals surface area contributed by atoms with Crippen molar-refractivity contribution < 1.29 is 14.3 Å². The third kappa shape index (κ3) is 2.84. The molecule has 0 radical (unpaired) electrons. The maximum atomic E-state index is 13.7. The molecular formula is C23H29NO3S. The van der Waals surface area contributed by atoms with Crippen molar-refractivity contribution in [3.05, 3.63) is 23.8 Å². The predicted octanol–water partition coefficient (Wildman–Crippen LogP) is 4.64. The Hall–Kier alpha value is -1.36. The van der Waals surface area contributed by atoms with E-state index in [1.54, 1.807) is 0 Å². The number of fused-ring (bicyclic) bond motifs is 1. The third-order valence-electron chi connectivity index (χ3n) is 7.89. The van der Waals surface area contributed by atoms with Crippen LogP contribution in [0, 0.1) is 23.2 Å². The second kappa shape index (κ2) is 6.58. The Balaban J connectivity index is 1.17. The molecule has 150 valence electrons. The van der Waals surface area contributed by atoms with Crippen LogP contribution in [0.5, 0.6) is 11.5 Å². The van der Waals surface area contributed by atoms with Gasteiger partial charge < -0.3 is 14.4 Å². The highest BCUT2D eigenvalue weighted by Crippen LogP contribution is 2.60. The predicted molar refractivity (Wildman–Crippen MR) is 110 cm³/mol. The summed E-state index contributed by atoms with van der Waals surface area (Å²) < 4.78 is 11.0. The first-order chi connectivity index (χ1) is 13.7. The molecule has 1 atom stereocenters. The normalized spacial score (nSPS) is 38.5. The molecule has 5 fully saturated rings. The van der Waals surface area contributed by atoms with Gasteiger partial charge in [-0.25, -0.2) is 0 Å². The molecule has 7 rings (SSSR count). The number of ether oxygens (including phenoxy) is 2. The molecule has 4 bridgehead atoms. The molecule has 6 aliphatic rings. The van der Waals surface area contributed by atoms with E-state index in [2.05, 4.69) is 17.0 Å². The molecule has 1 saturated heterocycles. The maximum Gasteiger partial charge on any atom is 0.231 e. The second-order valence-corrected chi connectivity index (χ2v) is 11.1. The lowest BCUT2D eigenvalue weighted by Crippen LogP contribution is -2.54. The van der Waals surface area contributed by atoms with Crippen LogP contribution in [0.15, 0.2) is 18.2 Å². The van der Waals surface area contributed by atoms with E-state index in [1.165, 1.54) is 44.1 Å². The van der Waals surface area contributed by atoms with Gasteiger partial charge in [-0.1, -0.05) is 6.07 Å².